The van der Waals surface area contributed by atoms with E-state index >= 15 is 0 Å². The second-order valence-corrected chi connectivity index (χ2v) is 10.6. The number of carbonyl (C=O) groups is 3. The molecule has 0 unspecified atom stereocenters. The number of amides is 3. The molecule has 0 radical (unpaired) electrons. The van der Waals surface area contributed by atoms with Gasteiger partial charge in [0, 0.05) is 51.4 Å². The lowest BCUT2D eigenvalue weighted by Gasteiger charge is -2.42. The Balaban J connectivity index is 1.42. The van der Waals surface area contributed by atoms with Crippen molar-refractivity contribution in [2.45, 2.75) is 32.0 Å². The van der Waals surface area contributed by atoms with Gasteiger partial charge in [0.05, 0.1) is 11.3 Å². The molecule has 0 spiro atoms. The fourth-order valence-electron chi connectivity index (χ4n) is 5.63. The van der Waals surface area contributed by atoms with E-state index in [-0.39, 0.29) is 31.5 Å². The van der Waals surface area contributed by atoms with Crippen molar-refractivity contribution in [3.63, 3.8) is 0 Å². The number of rotatable bonds is 10. The van der Waals surface area contributed by atoms with E-state index in [2.05, 4.69) is 46.6 Å². The zero-order chi connectivity index (χ0) is 29.3. The van der Waals surface area contributed by atoms with Gasteiger partial charge in [0.2, 0.25) is 11.8 Å². The largest absolute Gasteiger partial charge is 0.337 e. The molecule has 0 saturated carbocycles. The average Bonchev–Trinajstić information content (AvgIpc) is 3.42. The minimum Gasteiger partial charge on any atom is -0.337 e. The molecule has 1 aliphatic rings. The maximum atomic E-state index is 14.3. The molecule has 5 rings (SSSR count). The van der Waals surface area contributed by atoms with Crippen molar-refractivity contribution in [3.05, 3.63) is 120 Å². The van der Waals surface area contributed by atoms with Gasteiger partial charge < -0.3 is 15.2 Å². The van der Waals surface area contributed by atoms with Gasteiger partial charge in [-0.15, -0.1) is 0 Å². The van der Waals surface area contributed by atoms with Gasteiger partial charge in [-0.3, -0.25) is 24.6 Å². The Labute approximate surface area is 246 Å². The summed E-state index contributed by atoms with van der Waals surface area (Å²) in [5, 5.41) is 2.39. The number of aromatic nitrogens is 1. The van der Waals surface area contributed by atoms with E-state index < -0.39 is 11.8 Å². The summed E-state index contributed by atoms with van der Waals surface area (Å²) in [6.07, 6.45) is 2.57. The summed E-state index contributed by atoms with van der Waals surface area (Å²) >= 11 is 0. The number of nitrogens with one attached hydrogen (secondary N) is 1. The molecule has 3 amide bonds. The summed E-state index contributed by atoms with van der Waals surface area (Å²) in [4.78, 5) is 43.4. The molecule has 3 aromatic carbocycles. The van der Waals surface area contributed by atoms with Gasteiger partial charge in [-0.2, -0.15) is 0 Å². The summed E-state index contributed by atoms with van der Waals surface area (Å²) in [5.41, 5.74) is 9.91. The lowest BCUT2D eigenvalue weighted by Crippen LogP contribution is -2.55. The van der Waals surface area contributed by atoms with Gasteiger partial charge in [-0.1, -0.05) is 91.0 Å². The van der Waals surface area contributed by atoms with E-state index in [1.807, 2.05) is 59.5 Å². The third-order valence-electron chi connectivity index (χ3n) is 7.60. The number of hydrogen-bond donors (Lipinski definition) is 2. The van der Waals surface area contributed by atoms with Crippen LogP contribution in [0.5, 0.6) is 0 Å². The Hall–Kier alpha value is -4.53. The Morgan fingerprint density at radius 2 is 1.43 bits per heavy atom. The van der Waals surface area contributed by atoms with E-state index in [1.165, 1.54) is 11.1 Å². The molecule has 0 bridgehead atoms. The molecule has 1 fully saturated rings. The van der Waals surface area contributed by atoms with Crippen LogP contribution < -0.4 is 11.1 Å². The van der Waals surface area contributed by atoms with Crippen molar-refractivity contribution in [3.8, 4) is 11.3 Å². The monoisotopic (exact) mass is 563 g/mol. The molecule has 1 atom stereocenters. The van der Waals surface area contributed by atoms with Crippen LogP contribution in [0.15, 0.2) is 103 Å². The highest BCUT2D eigenvalue weighted by Gasteiger charge is 2.33. The lowest BCUT2D eigenvalue weighted by molar-refractivity contribution is -0.130. The van der Waals surface area contributed by atoms with Crippen LogP contribution >= 0.6 is 0 Å². The van der Waals surface area contributed by atoms with E-state index in [0.29, 0.717) is 17.8 Å². The van der Waals surface area contributed by atoms with Crippen LogP contribution in [0.3, 0.4) is 0 Å². The Morgan fingerprint density at radius 1 is 0.786 bits per heavy atom. The van der Waals surface area contributed by atoms with E-state index in [0.717, 1.165) is 31.6 Å². The molecule has 1 aromatic heterocycles. The molecular weight excluding hydrogens is 526 g/mol. The summed E-state index contributed by atoms with van der Waals surface area (Å²) in [5.74, 6) is -0.923. The normalized spacial score (nSPS) is 15.4. The topological polar surface area (TPSA) is 101 Å². The van der Waals surface area contributed by atoms with E-state index in [4.69, 9.17) is 5.73 Å². The minimum absolute atomic E-state index is 0.0264. The number of carbonyl (C=O) groups excluding carboxylic acids is 3. The number of nitrogens with two attached hydrogens (primary N) is 1. The standard InChI is InChI=1S/C34H37N5O3/c35-18-16-31(40)36-32(41)25-38-19-17-30(33(38)28-14-8-3-9-15-28)34(42)39-21-20-37(23-27-12-6-2-7-13-27)24-29(39)22-26-10-4-1-5-11-26/h1-15,17,19,29H,16,18,20-25,35H2,(H,36,40,41)/t29-/m1/s1. The number of benzene rings is 3. The predicted molar refractivity (Wildman–Crippen MR) is 163 cm³/mol. The zero-order valence-corrected chi connectivity index (χ0v) is 23.7. The van der Waals surface area contributed by atoms with Crippen LogP contribution in [0.1, 0.15) is 27.9 Å². The van der Waals surface area contributed by atoms with E-state index in [9.17, 15) is 14.4 Å². The molecule has 8 nitrogen and oxygen atoms in total. The van der Waals surface area contributed by atoms with Crippen molar-refractivity contribution < 1.29 is 14.4 Å². The molecule has 2 heterocycles. The Bertz CT molecular complexity index is 1490. The smallest absolute Gasteiger partial charge is 0.256 e. The van der Waals surface area contributed by atoms with Crippen LogP contribution in [-0.2, 0) is 29.1 Å². The van der Waals surface area contributed by atoms with Crippen molar-refractivity contribution >= 4 is 17.7 Å². The number of nitrogens with zero attached hydrogens (tertiary/aromatic N) is 3. The van der Waals surface area contributed by atoms with Gasteiger partial charge in [0.15, 0.2) is 0 Å². The summed E-state index contributed by atoms with van der Waals surface area (Å²) < 4.78 is 1.74. The van der Waals surface area contributed by atoms with E-state index in [1.54, 1.807) is 16.8 Å². The van der Waals surface area contributed by atoms with Crippen LogP contribution in [-0.4, -0.2) is 64.3 Å². The van der Waals surface area contributed by atoms with Crippen LogP contribution in [0.2, 0.25) is 0 Å². The zero-order valence-electron chi connectivity index (χ0n) is 23.7. The summed E-state index contributed by atoms with van der Waals surface area (Å²) in [7, 11) is 0. The van der Waals surface area contributed by atoms with Crippen molar-refractivity contribution in [1.29, 1.82) is 0 Å². The molecule has 216 valence electrons. The van der Waals surface area contributed by atoms with Gasteiger partial charge in [-0.05, 0) is 29.2 Å². The molecule has 8 heteroatoms. The number of hydrogen-bond acceptors (Lipinski definition) is 5. The van der Waals surface area contributed by atoms with Crippen LogP contribution in [0.25, 0.3) is 11.3 Å². The third kappa shape index (κ3) is 7.21. The van der Waals surface area contributed by atoms with Crippen LogP contribution in [0, 0.1) is 0 Å². The third-order valence-corrected chi connectivity index (χ3v) is 7.60. The van der Waals surface area contributed by atoms with Gasteiger partial charge in [0.1, 0.15) is 6.54 Å². The highest BCUT2D eigenvalue weighted by Crippen LogP contribution is 2.28. The van der Waals surface area contributed by atoms with Crippen molar-refractivity contribution in [2.24, 2.45) is 5.73 Å². The number of piperazine rings is 1. The molecule has 1 aliphatic heterocycles. The first-order valence-electron chi connectivity index (χ1n) is 14.4. The maximum Gasteiger partial charge on any atom is 0.256 e. The Kier molecular flexibility index (Phi) is 9.59. The van der Waals surface area contributed by atoms with Crippen molar-refractivity contribution in [1.82, 2.24) is 19.7 Å². The molecule has 3 N–H and O–H groups in total. The lowest BCUT2D eigenvalue weighted by atomic mass is 9.99. The van der Waals surface area contributed by atoms with Gasteiger partial charge in [-0.25, -0.2) is 0 Å². The quantitative estimate of drug-likeness (QED) is 0.306. The Morgan fingerprint density at radius 3 is 2.10 bits per heavy atom. The SMILES string of the molecule is NCCC(=O)NC(=O)Cn1ccc(C(=O)N2CCN(Cc3ccccc3)C[C@H]2Cc2ccccc2)c1-c1ccccc1. The number of imide groups is 1. The molecule has 4 aromatic rings. The second kappa shape index (κ2) is 13.9. The van der Waals surface area contributed by atoms with Gasteiger partial charge >= 0.3 is 0 Å². The van der Waals surface area contributed by atoms with Crippen LogP contribution in [0.4, 0.5) is 0 Å². The first-order valence-corrected chi connectivity index (χ1v) is 14.4. The predicted octanol–water partition coefficient (Wildman–Crippen LogP) is 3.72. The maximum absolute atomic E-state index is 14.3. The fourth-order valence-corrected chi connectivity index (χ4v) is 5.63. The fraction of sp³-hybridized carbons (Fsp3) is 0.265. The molecule has 42 heavy (non-hydrogen) atoms. The first-order chi connectivity index (χ1) is 20.5. The molecular formula is C34H37N5O3. The molecule has 1 saturated heterocycles. The van der Waals surface area contributed by atoms with Crippen molar-refractivity contribution in [2.75, 3.05) is 26.2 Å². The minimum atomic E-state index is -0.447. The highest BCUT2D eigenvalue weighted by molar-refractivity contribution is 6.01. The second-order valence-electron chi connectivity index (χ2n) is 10.6. The first kappa shape index (κ1) is 29.0. The van der Waals surface area contributed by atoms with Gasteiger partial charge in [0.25, 0.3) is 5.91 Å². The summed E-state index contributed by atoms with van der Waals surface area (Å²) in [6, 6.07) is 32.0. The average molecular weight is 564 g/mol. The molecule has 0 aliphatic carbocycles. The summed E-state index contributed by atoms with van der Waals surface area (Å²) in [6.45, 7) is 3.02. The highest BCUT2D eigenvalue weighted by atomic mass is 16.2.